The molecule has 2 aliphatic carbocycles. The van der Waals surface area contributed by atoms with Gasteiger partial charge < -0.3 is 5.32 Å². The van der Waals surface area contributed by atoms with Gasteiger partial charge in [0, 0.05) is 30.1 Å². The molecule has 4 nitrogen and oxygen atoms in total. The number of rotatable bonds is 6. The van der Waals surface area contributed by atoms with Crippen molar-refractivity contribution in [3.8, 4) is 0 Å². The SMILES string of the molecule is CN(C1CCC1)S(=O)(=O)c1cc(CNC2CC2)ccc1Br. The Morgan fingerprint density at radius 3 is 2.57 bits per heavy atom. The zero-order valence-corrected chi connectivity index (χ0v) is 14.6. The van der Waals surface area contributed by atoms with Crippen molar-refractivity contribution in [2.75, 3.05) is 7.05 Å². The molecule has 0 spiro atoms. The summed E-state index contributed by atoms with van der Waals surface area (Å²) in [7, 11) is -1.72. The molecule has 1 aromatic rings. The fourth-order valence-electron chi connectivity index (χ4n) is 2.51. The third-order valence-corrected chi connectivity index (χ3v) is 7.32. The lowest BCUT2D eigenvalue weighted by Gasteiger charge is -2.34. The van der Waals surface area contributed by atoms with E-state index in [0.29, 0.717) is 15.4 Å². The maximum Gasteiger partial charge on any atom is 0.244 e. The Morgan fingerprint density at radius 1 is 1.29 bits per heavy atom. The number of nitrogens with zero attached hydrogens (tertiary/aromatic N) is 1. The number of nitrogens with one attached hydrogen (secondary N) is 1. The molecule has 1 aromatic carbocycles. The number of hydrogen-bond donors (Lipinski definition) is 1. The molecule has 3 rings (SSSR count). The first-order chi connectivity index (χ1) is 9.98. The van der Waals surface area contributed by atoms with E-state index in [1.54, 1.807) is 13.1 Å². The topological polar surface area (TPSA) is 49.4 Å². The summed E-state index contributed by atoms with van der Waals surface area (Å²) < 4.78 is 27.7. The van der Waals surface area contributed by atoms with E-state index in [9.17, 15) is 8.42 Å². The smallest absolute Gasteiger partial charge is 0.244 e. The highest BCUT2D eigenvalue weighted by molar-refractivity contribution is 9.10. The van der Waals surface area contributed by atoms with E-state index in [1.165, 1.54) is 17.1 Å². The summed E-state index contributed by atoms with van der Waals surface area (Å²) in [4.78, 5) is 0.381. The third-order valence-electron chi connectivity index (χ3n) is 4.41. The Hall–Kier alpha value is -0.430. The molecule has 0 aromatic heterocycles. The molecule has 2 saturated carbocycles. The lowest BCUT2D eigenvalue weighted by atomic mass is 9.94. The molecule has 116 valence electrons. The van der Waals surface area contributed by atoms with E-state index >= 15 is 0 Å². The molecule has 0 radical (unpaired) electrons. The lowest BCUT2D eigenvalue weighted by molar-refractivity contribution is 0.249. The van der Waals surface area contributed by atoms with Crippen molar-refractivity contribution in [2.45, 2.75) is 55.6 Å². The molecule has 21 heavy (non-hydrogen) atoms. The molecule has 1 N–H and O–H groups in total. The summed E-state index contributed by atoms with van der Waals surface area (Å²) >= 11 is 3.39. The second-order valence-corrected chi connectivity index (χ2v) is 8.85. The summed E-state index contributed by atoms with van der Waals surface area (Å²) in [6.07, 6.45) is 5.52. The molecule has 0 atom stereocenters. The monoisotopic (exact) mass is 372 g/mol. The van der Waals surface area contributed by atoms with Crippen molar-refractivity contribution in [1.29, 1.82) is 0 Å². The van der Waals surface area contributed by atoms with Crippen LogP contribution in [0.3, 0.4) is 0 Å². The van der Waals surface area contributed by atoms with Crippen LogP contribution >= 0.6 is 15.9 Å². The van der Waals surface area contributed by atoms with E-state index < -0.39 is 10.0 Å². The number of benzene rings is 1. The van der Waals surface area contributed by atoms with E-state index in [4.69, 9.17) is 0 Å². The van der Waals surface area contributed by atoms with Crippen molar-refractivity contribution >= 4 is 26.0 Å². The maximum absolute atomic E-state index is 12.8. The van der Waals surface area contributed by atoms with Crippen LogP contribution in [-0.4, -0.2) is 31.9 Å². The van der Waals surface area contributed by atoms with Crippen LogP contribution in [0.5, 0.6) is 0 Å². The predicted octanol–water partition coefficient (Wildman–Crippen LogP) is 2.87. The minimum absolute atomic E-state index is 0.162. The van der Waals surface area contributed by atoms with E-state index in [0.717, 1.165) is 31.4 Å². The first-order valence-electron chi connectivity index (χ1n) is 7.48. The van der Waals surface area contributed by atoms with Gasteiger partial charge in [0.05, 0.1) is 4.90 Å². The van der Waals surface area contributed by atoms with Crippen LogP contribution < -0.4 is 5.32 Å². The molecule has 2 fully saturated rings. The molecular weight excluding hydrogens is 352 g/mol. The number of sulfonamides is 1. The van der Waals surface area contributed by atoms with Gasteiger partial charge >= 0.3 is 0 Å². The normalized spacial score (nSPS) is 19.8. The summed E-state index contributed by atoms with van der Waals surface area (Å²) in [5, 5.41) is 3.42. The molecular formula is C15H21BrN2O2S. The molecule has 0 amide bonds. The summed E-state index contributed by atoms with van der Waals surface area (Å²) in [6.45, 7) is 0.730. The molecule has 0 unspecified atom stereocenters. The Kier molecular flexibility index (Phi) is 4.41. The van der Waals surface area contributed by atoms with Gasteiger partial charge in [-0.3, -0.25) is 0 Å². The average Bonchev–Trinajstić information content (AvgIpc) is 3.19. The molecule has 0 saturated heterocycles. The maximum atomic E-state index is 12.8. The van der Waals surface area contributed by atoms with Crippen LogP contribution in [-0.2, 0) is 16.6 Å². The zero-order chi connectivity index (χ0) is 15.0. The third kappa shape index (κ3) is 3.33. The number of halogens is 1. The van der Waals surface area contributed by atoms with Crippen molar-refractivity contribution in [1.82, 2.24) is 9.62 Å². The van der Waals surface area contributed by atoms with Gasteiger partial charge in [0.2, 0.25) is 10.0 Å². The second-order valence-electron chi connectivity index (χ2n) is 6.03. The van der Waals surface area contributed by atoms with E-state index in [2.05, 4.69) is 21.2 Å². The first-order valence-corrected chi connectivity index (χ1v) is 9.71. The van der Waals surface area contributed by atoms with Gasteiger partial charge in [-0.25, -0.2) is 8.42 Å². The Morgan fingerprint density at radius 2 is 2.00 bits per heavy atom. The second kappa shape index (κ2) is 5.99. The lowest BCUT2D eigenvalue weighted by Crippen LogP contribution is -2.41. The van der Waals surface area contributed by atoms with E-state index in [1.807, 2.05) is 12.1 Å². The highest BCUT2D eigenvalue weighted by Crippen LogP contribution is 2.32. The van der Waals surface area contributed by atoms with Crippen molar-refractivity contribution in [2.24, 2.45) is 0 Å². The van der Waals surface area contributed by atoms with Gasteiger partial charge in [-0.2, -0.15) is 4.31 Å². The quantitative estimate of drug-likeness (QED) is 0.834. The molecule has 0 aliphatic heterocycles. The van der Waals surface area contributed by atoms with Gasteiger partial charge in [0.25, 0.3) is 0 Å². The van der Waals surface area contributed by atoms with Crippen molar-refractivity contribution < 1.29 is 8.42 Å². The van der Waals surface area contributed by atoms with Crippen molar-refractivity contribution in [3.63, 3.8) is 0 Å². The van der Waals surface area contributed by atoms with Crippen LogP contribution in [0.4, 0.5) is 0 Å². The summed E-state index contributed by atoms with van der Waals surface area (Å²) in [5.74, 6) is 0. The largest absolute Gasteiger partial charge is 0.310 e. The minimum atomic E-state index is -3.42. The summed E-state index contributed by atoms with van der Waals surface area (Å²) in [5.41, 5.74) is 1.02. The first kappa shape index (κ1) is 15.5. The van der Waals surface area contributed by atoms with Crippen LogP contribution in [0.1, 0.15) is 37.7 Å². The van der Waals surface area contributed by atoms with Crippen LogP contribution in [0.2, 0.25) is 0 Å². The van der Waals surface area contributed by atoms with Crippen LogP contribution in [0.15, 0.2) is 27.6 Å². The molecule has 6 heteroatoms. The van der Waals surface area contributed by atoms with Gasteiger partial charge in [-0.1, -0.05) is 12.5 Å². The van der Waals surface area contributed by atoms with Gasteiger partial charge in [0.15, 0.2) is 0 Å². The molecule has 0 bridgehead atoms. The van der Waals surface area contributed by atoms with Gasteiger partial charge in [-0.05, 0) is 59.3 Å². The Balaban J connectivity index is 1.82. The highest BCUT2D eigenvalue weighted by Gasteiger charge is 2.33. The zero-order valence-electron chi connectivity index (χ0n) is 12.2. The van der Waals surface area contributed by atoms with E-state index in [-0.39, 0.29) is 6.04 Å². The fraction of sp³-hybridized carbons (Fsp3) is 0.600. The molecule has 2 aliphatic rings. The minimum Gasteiger partial charge on any atom is -0.310 e. The highest BCUT2D eigenvalue weighted by atomic mass is 79.9. The van der Waals surface area contributed by atoms with Crippen molar-refractivity contribution in [3.05, 3.63) is 28.2 Å². The Labute approximate surface area is 135 Å². The van der Waals surface area contributed by atoms with Crippen LogP contribution in [0, 0.1) is 0 Å². The predicted molar refractivity (Wildman–Crippen MR) is 86.6 cm³/mol. The fourth-order valence-corrected chi connectivity index (χ4v) is 4.90. The summed E-state index contributed by atoms with van der Waals surface area (Å²) in [6, 6.07) is 6.39. The standard InChI is InChI=1S/C15H21BrN2O2S/c1-18(13-3-2-4-13)21(19,20)15-9-11(5-8-14(15)16)10-17-12-6-7-12/h5,8-9,12-13,17H,2-4,6-7,10H2,1H3. The molecule has 0 heterocycles. The Bertz CT molecular complexity index is 625. The van der Waals surface area contributed by atoms with Gasteiger partial charge in [-0.15, -0.1) is 0 Å². The van der Waals surface area contributed by atoms with Crippen LogP contribution in [0.25, 0.3) is 0 Å². The number of hydrogen-bond acceptors (Lipinski definition) is 3. The van der Waals surface area contributed by atoms with Gasteiger partial charge in [0.1, 0.15) is 0 Å². The average molecular weight is 373 g/mol.